The number of nitrogens with zero attached hydrogens (tertiary/aromatic N) is 2. The van der Waals surface area contributed by atoms with E-state index in [4.69, 9.17) is 9.47 Å². The lowest BCUT2D eigenvalue weighted by Gasteiger charge is -2.24. The van der Waals surface area contributed by atoms with Gasteiger partial charge in [0.25, 0.3) is 0 Å². The van der Waals surface area contributed by atoms with Gasteiger partial charge in [0.05, 0.1) is 12.6 Å². The number of rotatable bonds is 7. The largest absolute Gasteiger partial charge is 0.461 e. The molecule has 7 nitrogen and oxygen atoms in total. The molecule has 0 radical (unpaired) electrons. The highest BCUT2D eigenvalue weighted by Crippen LogP contribution is 2.24. The first-order chi connectivity index (χ1) is 11.2. The van der Waals surface area contributed by atoms with Crippen LogP contribution >= 0.6 is 0 Å². The minimum Gasteiger partial charge on any atom is -0.461 e. The molecule has 0 N–H and O–H groups in total. The molecule has 1 aromatic heterocycles. The van der Waals surface area contributed by atoms with Crippen LogP contribution < -0.4 is 0 Å². The predicted molar refractivity (Wildman–Crippen MR) is 89.3 cm³/mol. The van der Waals surface area contributed by atoms with Gasteiger partial charge in [-0.3, -0.25) is 9.59 Å². The topological polar surface area (TPSA) is 77.8 Å². The normalized spacial score (nSPS) is 12.0. The van der Waals surface area contributed by atoms with Crippen molar-refractivity contribution in [3.05, 3.63) is 22.5 Å². The Hall–Kier alpha value is -2.15. The van der Waals surface area contributed by atoms with Crippen molar-refractivity contribution in [2.24, 2.45) is 7.05 Å². The summed E-state index contributed by atoms with van der Waals surface area (Å²) >= 11 is 0. The van der Waals surface area contributed by atoms with Gasteiger partial charge in [0, 0.05) is 32.5 Å². The van der Waals surface area contributed by atoms with Crippen molar-refractivity contribution < 1.29 is 23.9 Å². The molecule has 0 saturated heterocycles. The lowest BCUT2D eigenvalue weighted by atomic mass is 10.00. The fourth-order valence-corrected chi connectivity index (χ4v) is 2.66. The van der Waals surface area contributed by atoms with Crippen molar-refractivity contribution in [2.75, 3.05) is 27.4 Å². The van der Waals surface area contributed by atoms with Crippen LogP contribution in [0.2, 0.25) is 0 Å². The third-order valence-electron chi connectivity index (χ3n) is 4.27. The standard InChI is InChI=1S/C17H26N2O5/c1-8-24-17(22)15-10(2)14(11(3)19(15)6)16(21)12(4)18(5)13(20)9-23-7/h12H,8-9H2,1-7H3. The highest BCUT2D eigenvalue weighted by atomic mass is 16.5. The first kappa shape index (κ1) is 19.9. The number of aromatic nitrogens is 1. The van der Waals surface area contributed by atoms with Crippen LogP contribution in [-0.2, 0) is 21.3 Å². The molecule has 0 saturated carbocycles. The molecule has 1 unspecified atom stereocenters. The number of likely N-dealkylation sites (N-methyl/N-ethyl adjacent to an activating group) is 1. The summed E-state index contributed by atoms with van der Waals surface area (Å²) in [7, 11) is 4.70. The molecule has 134 valence electrons. The predicted octanol–water partition coefficient (Wildman–Crippen LogP) is 1.49. The van der Waals surface area contributed by atoms with E-state index in [1.807, 2.05) is 0 Å². The van der Waals surface area contributed by atoms with E-state index in [0.29, 0.717) is 22.5 Å². The second-order valence-electron chi connectivity index (χ2n) is 5.69. The Bertz CT molecular complexity index is 648. The molecule has 0 aromatic carbocycles. The molecule has 7 heteroatoms. The van der Waals surface area contributed by atoms with E-state index in [1.54, 1.807) is 46.4 Å². The van der Waals surface area contributed by atoms with Crippen molar-refractivity contribution in [1.82, 2.24) is 9.47 Å². The van der Waals surface area contributed by atoms with Crippen molar-refractivity contribution in [1.29, 1.82) is 0 Å². The smallest absolute Gasteiger partial charge is 0.355 e. The van der Waals surface area contributed by atoms with E-state index >= 15 is 0 Å². The Morgan fingerprint density at radius 2 is 1.83 bits per heavy atom. The minimum absolute atomic E-state index is 0.0883. The number of ketones is 1. The Morgan fingerprint density at radius 1 is 1.25 bits per heavy atom. The zero-order chi connectivity index (χ0) is 18.6. The molecular weight excluding hydrogens is 312 g/mol. The number of hydrogen-bond donors (Lipinski definition) is 0. The van der Waals surface area contributed by atoms with Gasteiger partial charge in [0.1, 0.15) is 12.3 Å². The summed E-state index contributed by atoms with van der Waals surface area (Å²) in [6, 6.07) is -0.664. The van der Waals surface area contributed by atoms with E-state index in [2.05, 4.69) is 0 Å². The van der Waals surface area contributed by atoms with Crippen LogP contribution in [0.15, 0.2) is 0 Å². The molecule has 0 aliphatic rings. The SMILES string of the molecule is CCOC(=O)c1c(C)c(C(=O)C(C)N(C)C(=O)COC)c(C)n1C. The van der Waals surface area contributed by atoms with Crippen LogP contribution in [0, 0.1) is 13.8 Å². The number of methoxy groups -OCH3 is 1. The van der Waals surface area contributed by atoms with Gasteiger partial charge in [-0.15, -0.1) is 0 Å². The van der Waals surface area contributed by atoms with Crippen molar-refractivity contribution in [2.45, 2.75) is 33.7 Å². The number of carbonyl (C=O) groups is 3. The average Bonchev–Trinajstić information content (AvgIpc) is 2.75. The van der Waals surface area contributed by atoms with E-state index in [0.717, 1.165) is 0 Å². The highest BCUT2D eigenvalue weighted by molar-refractivity contribution is 6.06. The first-order valence-electron chi connectivity index (χ1n) is 7.80. The number of ether oxygens (including phenoxy) is 2. The molecule has 0 aliphatic carbocycles. The number of Topliss-reactive ketones (excluding diaryl/α,β-unsaturated/α-hetero) is 1. The fourth-order valence-electron chi connectivity index (χ4n) is 2.66. The lowest BCUT2D eigenvalue weighted by Crippen LogP contribution is -2.42. The van der Waals surface area contributed by atoms with Gasteiger partial charge < -0.3 is 18.9 Å². The molecular formula is C17H26N2O5. The molecule has 1 amide bonds. The Kier molecular flexibility index (Phi) is 6.71. The maximum absolute atomic E-state index is 12.9. The molecule has 0 spiro atoms. The Labute approximate surface area is 142 Å². The zero-order valence-corrected chi connectivity index (χ0v) is 15.4. The molecule has 24 heavy (non-hydrogen) atoms. The van der Waals surface area contributed by atoms with Gasteiger partial charge in [-0.25, -0.2) is 4.79 Å². The van der Waals surface area contributed by atoms with Crippen LogP contribution in [0.4, 0.5) is 0 Å². The lowest BCUT2D eigenvalue weighted by molar-refractivity contribution is -0.134. The second kappa shape index (κ2) is 8.10. The molecule has 0 bridgehead atoms. The molecule has 0 fully saturated rings. The molecule has 1 aromatic rings. The monoisotopic (exact) mass is 338 g/mol. The number of carbonyl (C=O) groups excluding carboxylic acids is 3. The van der Waals surface area contributed by atoms with E-state index < -0.39 is 12.0 Å². The summed E-state index contributed by atoms with van der Waals surface area (Å²) in [4.78, 5) is 38.3. The van der Waals surface area contributed by atoms with Gasteiger partial charge in [0.15, 0.2) is 5.78 Å². The first-order valence-corrected chi connectivity index (χ1v) is 7.80. The third kappa shape index (κ3) is 3.67. The Morgan fingerprint density at radius 3 is 2.33 bits per heavy atom. The summed E-state index contributed by atoms with van der Waals surface area (Å²) < 4.78 is 11.5. The van der Waals surface area contributed by atoms with Gasteiger partial charge in [-0.1, -0.05) is 0 Å². The average molecular weight is 338 g/mol. The highest BCUT2D eigenvalue weighted by Gasteiger charge is 2.30. The number of esters is 1. The van der Waals surface area contributed by atoms with Crippen LogP contribution in [0.25, 0.3) is 0 Å². The van der Waals surface area contributed by atoms with Gasteiger partial charge >= 0.3 is 5.97 Å². The van der Waals surface area contributed by atoms with Crippen LogP contribution in [-0.4, -0.2) is 60.5 Å². The zero-order valence-electron chi connectivity index (χ0n) is 15.4. The third-order valence-corrected chi connectivity index (χ3v) is 4.27. The van der Waals surface area contributed by atoms with Crippen molar-refractivity contribution in [3.63, 3.8) is 0 Å². The van der Waals surface area contributed by atoms with Crippen LogP contribution in [0.1, 0.15) is 46.0 Å². The molecule has 0 aliphatic heterocycles. The molecule has 1 rings (SSSR count). The van der Waals surface area contributed by atoms with Crippen LogP contribution in [0.3, 0.4) is 0 Å². The van der Waals surface area contributed by atoms with Crippen molar-refractivity contribution in [3.8, 4) is 0 Å². The number of hydrogen-bond acceptors (Lipinski definition) is 5. The van der Waals surface area contributed by atoms with Gasteiger partial charge in [-0.05, 0) is 33.3 Å². The Balaban J connectivity index is 3.22. The summed E-state index contributed by atoms with van der Waals surface area (Å²) in [5, 5.41) is 0. The molecule has 1 heterocycles. The molecule has 1 atom stereocenters. The van der Waals surface area contributed by atoms with E-state index in [-0.39, 0.29) is 24.9 Å². The number of amides is 1. The quantitative estimate of drug-likeness (QED) is 0.556. The minimum atomic E-state index is -0.664. The van der Waals surface area contributed by atoms with E-state index in [9.17, 15) is 14.4 Å². The summed E-state index contributed by atoms with van der Waals surface area (Å²) in [6.45, 7) is 7.05. The van der Waals surface area contributed by atoms with Gasteiger partial charge in [0.2, 0.25) is 5.91 Å². The summed E-state index contributed by atoms with van der Waals surface area (Å²) in [6.07, 6.45) is 0. The second-order valence-corrected chi connectivity index (χ2v) is 5.69. The van der Waals surface area contributed by atoms with Crippen molar-refractivity contribution >= 4 is 17.7 Å². The fraction of sp³-hybridized carbons (Fsp3) is 0.588. The van der Waals surface area contributed by atoms with E-state index in [1.165, 1.54) is 12.0 Å². The maximum atomic E-state index is 12.9. The summed E-state index contributed by atoms with van der Waals surface area (Å²) in [5.74, 6) is -0.963. The van der Waals surface area contributed by atoms with Crippen LogP contribution in [0.5, 0.6) is 0 Å². The summed E-state index contributed by atoms with van der Waals surface area (Å²) in [5.41, 5.74) is 2.04. The maximum Gasteiger partial charge on any atom is 0.355 e. The van der Waals surface area contributed by atoms with Gasteiger partial charge in [-0.2, -0.15) is 0 Å².